The standard InChI is InChI=1S/C20H14N2O2S2/c21-19(23)20(24)22-26-25-17-7-3-6-12-8-9-15-10-13-4-1-2-5-14(13)11-16(15)18(12)17/h1-11H,(H2,21,23)(H,22,24). The van der Waals surface area contributed by atoms with Crippen molar-refractivity contribution < 1.29 is 9.59 Å². The summed E-state index contributed by atoms with van der Waals surface area (Å²) in [5.74, 6) is -1.80. The minimum Gasteiger partial charge on any atom is -0.361 e. The maximum absolute atomic E-state index is 11.3. The van der Waals surface area contributed by atoms with Crippen LogP contribution in [0.4, 0.5) is 0 Å². The van der Waals surface area contributed by atoms with Crippen molar-refractivity contribution in [3.05, 3.63) is 66.7 Å². The molecule has 0 aromatic heterocycles. The number of carbonyl (C=O) groups excluding carboxylic acids is 2. The van der Waals surface area contributed by atoms with Gasteiger partial charge in [-0.2, -0.15) is 0 Å². The monoisotopic (exact) mass is 378 g/mol. The first-order valence-electron chi connectivity index (χ1n) is 7.91. The molecule has 0 aliphatic carbocycles. The van der Waals surface area contributed by atoms with Crippen LogP contribution in [0.25, 0.3) is 32.3 Å². The van der Waals surface area contributed by atoms with E-state index in [9.17, 15) is 9.59 Å². The molecule has 128 valence electrons. The van der Waals surface area contributed by atoms with E-state index in [1.165, 1.54) is 21.6 Å². The molecule has 4 aromatic rings. The van der Waals surface area contributed by atoms with E-state index >= 15 is 0 Å². The molecule has 0 bridgehead atoms. The third kappa shape index (κ3) is 3.09. The van der Waals surface area contributed by atoms with Gasteiger partial charge in [-0.1, -0.05) is 48.5 Å². The molecule has 0 saturated heterocycles. The summed E-state index contributed by atoms with van der Waals surface area (Å²) in [6.07, 6.45) is 0. The first-order valence-corrected chi connectivity index (χ1v) is 10.1. The highest BCUT2D eigenvalue weighted by Crippen LogP contribution is 2.39. The summed E-state index contributed by atoms with van der Waals surface area (Å²) in [6, 6.07) is 22.9. The van der Waals surface area contributed by atoms with Gasteiger partial charge in [-0.15, -0.1) is 0 Å². The Bertz CT molecular complexity index is 1170. The fourth-order valence-corrected chi connectivity index (χ4v) is 4.78. The minimum absolute atomic E-state index is 0.807. The molecule has 26 heavy (non-hydrogen) atoms. The van der Waals surface area contributed by atoms with E-state index in [0.29, 0.717) is 0 Å². The van der Waals surface area contributed by atoms with Gasteiger partial charge in [0.15, 0.2) is 0 Å². The topological polar surface area (TPSA) is 72.2 Å². The number of amides is 2. The summed E-state index contributed by atoms with van der Waals surface area (Å²) in [4.78, 5) is 23.2. The molecule has 0 aliphatic rings. The molecular weight excluding hydrogens is 364 g/mol. The first-order chi connectivity index (χ1) is 12.6. The van der Waals surface area contributed by atoms with E-state index in [4.69, 9.17) is 5.73 Å². The van der Waals surface area contributed by atoms with Crippen molar-refractivity contribution in [3.63, 3.8) is 0 Å². The molecule has 4 nitrogen and oxygen atoms in total. The van der Waals surface area contributed by atoms with Crippen molar-refractivity contribution >= 4 is 65.9 Å². The Kier molecular flexibility index (Phi) is 4.44. The second-order valence-electron chi connectivity index (χ2n) is 5.80. The molecule has 0 aliphatic heterocycles. The van der Waals surface area contributed by atoms with Crippen molar-refractivity contribution in [2.45, 2.75) is 4.90 Å². The molecule has 0 spiro atoms. The number of primary amides is 1. The molecule has 2 amide bonds. The molecule has 0 heterocycles. The van der Waals surface area contributed by atoms with Crippen LogP contribution in [0.1, 0.15) is 0 Å². The van der Waals surface area contributed by atoms with Crippen molar-refractivity contribution in [2.75, 3.05) is 0 Å². The molecule has 0 fully saturated rings. The molecule has 4 aromatic carbocycles. The Morgan fingerprint density at radius 3 is 2.27 bits per heavy atom. The quantitative estimate of drug-likeness (QED) is 0.182. The average molecular weight is 378 g/mol. The molecule has 0 radical (unpaired) electrons. The molecular formula is C20H14N2O2S2. The van der Waals surface area contributed by atoms with Crippen molar-refractivity contribution in [1.29, 1.82) is 0 Å². The lowest BCUT2D eigenvalue weighted by atomic mass is 9.98. The predicted octanol–water partition coefficient (Wildman–Crippen LogP) is 4.40. The van der Waals surface area contributed by atoms with Crippen LogP contribution in [0, 0.1) is 0 Å². The van der Waals surface area contributed by atoms with Gasteiger partial charge in [0.05, 0.1) is 0 Å². The maximum Gasteiger partial charge on any atom is 0.319 e. The summed E-state index contributed by atoms with van der Waals surface area (Å²) >= 11 is 0. The Morgan fingerprint density at radius 2 is 1.50 bits per heavy atom. The van der Waals surface area contributed by atoms with Crippen molar-refractivity contribution in [3.8, 4) is 0 Å². The third-order valence-electron chi connectivity index (χ3n) is 4.18. The Morgan fingerprint density at radius 1 is 0.808 bits per heavy atom. The van der Waals surface area contributed by atoms with Crippen LogP contribution in [-0.2, 0) is 9.59 Å². The largest absolute Gasteiger partial charge is 0.361 e. The number of rotatable bonds is 3. The third-order valence-corrected chi connectivity index (χ3v) is 6.09. The molecule has 0 atom stereocenters. The molecule has 3 N–H and O–H groups in total. The zero-order chi connectivity index (χ0) is 18.1. The second-order valence-corrected chi connectivity index (χ2v) is 7.78. The Hall–Kier alpha value is -2.70. The van der Waals surface area contributed by atoms with Crippen LogP contribution < -0.4 is 10.5 Å². The van der Waals surface area contributed by atoms with E-state index in [1.807, 2.05) is 24.3 Å². The van der Waals surface area contributed by atoms with Crippen LogP contribution in [0.3, 0.4) is 0 Å². The van der Waals surface area contributed by atoms with Gasteiger partial charge in [0.1, 0.15) is 0 Å². The second kappa shape index (κ2) is 6.90. The van der Waals surface area contributed by atoms with Crippen molar-refractivity contribution in [1.82, 2.24) is 4.72 Å². The van der Waals surface area contributed by atoms with E-state index in [-0.39, 0.29) is 0 Å². The number of carbonyl (C=O) groups is 2. The van der Waals surface area contributed by atoms with Gasteiger partial charge < -0.3 is 5.73 Å². The highest BCUT2D eigenvalue weighted by atomic mass is 33.1. The molecule has 4 rings (SSSR count). The number of nitrogens with two attached hydrogens (primary N) is 1. The van der Waals surface area contributed by atoms with E-state index in [2.05, 4.69) is 47.2 Å². The zero-order valence-corrected chi connectivity index (χ0v) is 15.2. The number of hydrogen-bond donors (Lipinski definition) is 2. The van der Waals surface area contributed by atoms with Gasteiger partial charge in [-0.3, -0.25) is 14.3 Å². The summed E-state index contributed by atoms with van der Waals surface area (Å²) in [6.45, 7) is 0. The maximum atomic E-state index is 11.3. The van der Waals surface area contributed by atoms with Gasteiger partial charge in [0.2, 0.25) is 0 Å². The fraction of sp³-hybridized carbons (Fsp3) is 0. The molecule has 0 unspecified atom stereocenters. The number of hydrogen-bond acceptors (Lipinski definition) is 4. The van der Waals surface area contributed by atoms with Crippen LogP contribution in [0.15, 0.2) is 71.6 Å². The highest BCUT2D eigenvalue weighted by molar-refractivity contribution is 8.76. The predicted molar refractivity (Wildman–Crippen MR) is 110 cm³/mol. The number of nitrogens with one attached hydrogen (secondary N) is 1. The Labute approximate surface area is 157 Å². The molecule has 0 saturated carbocycles. The number of fused-ring (bicyclic) bond motifs is 4. The normalized spacial score (nSPS) is 11.1. The highest BCUT2D eigenvalue weighted by Gasteiger charge is 2.11. The summed E-state index contributed by atoms with van der Waals surface area (Å²) in [5.41, 5.74) is 4.96. The average Bonchev–Trinajstić information content (AvgIpc) is 2.66. The smallest absolute Gasteiger partial charge is 0.319 e. The van der Waals surface area contributed by atoms with Gasteiger partial charge in [0.25, 0.3) is 0 Å². The molecule has 6 heteroatoms. The fourth-order valence-electron chi connectivity index (χ4n) is 2.99. The minimum atomic E-state index is -0.993. The van der Waals surface area contributed by atoms with Gasteiger partial charge in [0, 0.05) is 21.3 Å². The van der Waals surface area contributed by atoms with Gasteiger partial charge in [-0.05, 0) is 55.9 Å². The van der Waals surface area contributed by atoms with Crippen LogP contribution in [-0.4, -0.2) is 11.8 Å². The Balaban J connectivity index is 1.82. The van der Waals surface area contributed by atoms with Gasteiger partial charge >= 0.3 is 11.8 Å². The van der Waals surface area contributed by atoms with E-state index < -0.39 is 11.8 Å². The van der Waals surface area contributed by atoms with Crippen LogP contribution in [0.5, 0.6) is 0 Å². The number of benzene rings is 4. The van der Waals surface area contributed by atoms with Crippen LogP contribution in [0.2, 0.25) is 0 Å². The lowest BCUT2D eigenvalue weighted by molar-refractivity contribution is -0.136. The summed E-state index contributed by atoms with van der Waals surface area (Å²) < 4.78 is 2.44. The van der Waals surface area contributed by atoms with Crippen LogP contribution >= 0.6 is 21.8 Å². The lowest BCUT2D eigenvalue weighted by Crippen LogP contribution is -2.31. The SMILES string of the molecule is NC(=O)C(=O)NSSc1cccc2ccc3cc4ccccc4cc3c12. The lowest BCUT2D eigenvalue weighted by Gasteiger charge is -2.10. The zero-order valence-electron chi connectivity index (χ0n) is 13.6. The summed E-state index contributed by atoms with van der Waals surface area (Å²) in [7, 11) is 2.48. The van der Waals surface area contributed by atoms with Crippen molar-refractivity contribution in [2.24, 2.45) is 5.73 Å². The van der Waals surface area contributed by atoms with Gasteiger partial charge in [-0.25, -0.2) is 0 Å². The first kappa shape index (κ1) is 16.8. The summed E-state index contributed by atoms with van der Waals surface area (Å²) in [5, 5.41) is 6.96. The van der Waals surface area contributed by atoms with E-state index in [0.717, 1.165) is 37.4 Å². The van der Waals surface area contributed by atoms with E-state index in [1.54, 1.807) is 0 Å².